The summed E-state index contributed by atoms with van der Waals surface area (Å²) in [6, 6.07) is 5.45. The molecule has 0 unspecified atom stereocenters. The van der Waals surface area contributed by atoms with Crippen LogP contribution >= 0.6 is 0 Å². The predicted molar refractivity (Wildman–Crippen MR) is 117 cm³/mol. The molecule has 0 aliphatic carbocycles. The van der Waals surface area contributed by atoms with E-state index in [-0.39, 0.29) is 5.75 Å². The summed E-state index contributed by atoms with van der Waals surface area (Å²) in [5, 5.41) is 0.638. The highest BCUT2D eigenvalue weighted by Crippen LogP contribution is 2.37. The van der Waals surface area contributed by atoms with E-state index in [4.69, 9.17) is 18.6 Å². The third-order valence-corrected chi connectivity index (χ3v) is 4.18. The third-order valence-electron chi connectivity index (χ3n) is 4.18. The highest BCUT2D eigenvalue weighted by molar-refractivity contribution is 5.89. The summed E-state index contributed by atoms with van der Waals surface area (Å²) >= 11 is 0. The van der Waals surface area contributed by atoms with Crippen LogP contribution in [-0.4, -0.2) is 19.3 Å². The maximum atomic E-state index is 12.5. The molecule has 0 fully saturated rings. The summed E-state index contributed by atoms with van der Waals surface area (Å²) in [6.07, 6.45) is 6.20. The number of hydrogen-bond acceptors (Lipinski definition) is 5. The van der Waals surface area contributed by atoms with Gasteiger partial charge in [-0.2, -0.15) is 0 Å². The van der Waals surface area contributed by atoms with Crippen molar-refractivity contribution < 1.29 is 18.6 Å². The van der Waals surface area contributed by atoms with E-state index in [2.05, 4.69) is 26.8 Å². The van der Waals surface area contributed by atoms with E-state index in [9.17, 15) is 4.79 Å². The third kappa shape index (κ3) is 6.41. The molecule has 1 heterocycles. The molecule has 5 heteroatoms. The van der Waals surface area contributed by atoms with Crippen molar-refractivity contribution in [1.82, 2.24) is 0 Å². The van der Waals surface area contributed by atoms with Crippen LogP contribution in [-0.2, 0) is 0 Å². The zero-order valence-electron chi connectivity index (χ0n) is 18.5. The summed E-state index contributed by atoms with van der Waals surface area (Å²) in [5.74, 6) is 0.917. The first-order chi connectivity index (χ1) is 13.6. The molecular weight excluding hydrogens is 368 g/mol. The average molecular weight is 401 g/mol. The molecular formula is C24H32O5. The molecule has 0 bridgehead atoms. The van der Waals surface area contributed by atoms with Gasteiger partial charge < -0.3 is 18.6 Å². The summed E-state index contributed by atoms with van der Waals surface area (Å²) in [6.45, 7) is 12.4. The Kier molecular flexibility index (Phi) is 7.54. The molecule has 0 aliphatic heterocycles. The van der Waals surface area contributed by atoms with Crippen LogP contribution in [0.3, 0.4) is 0 Å². The normalized spacial score (nSPS) is 12.0. The molecule has 0 atom stereocenters. The first-order valence-electron chi connectivity index (χ1n) is 9.87. The highest BCUT2D eigenvalue weighted by Gasteiger charge is 2.21. The van der Waals surface area contributed by atoms with Gasteiger partial charge in [0.1, 0.15) is 12.2 Å². The van der Waals surface area contributed by atoms with Gasteiger partial charge >= 0.3 is 5.63 Å². The largest absolute Gasteiger partial charge is 0.487 e. The summed E-state index contributed by atoms with van der Waals surface area (Å²) < 4.78 is 22.7. The maximum Gasteiger partial charge on any atom is 0.383 e. The summed E-state index contributed by atoms with van der Waals surface area (Å²) in [7, 11) is 1.43. The van der Waals surface area contributed by atoms with Gasteiger partial charge in [-0.05, 0) is 72.6 Å². The van der Waals surface area contributed by atoms with Crippen molar-refractivity contribution in [1.29, 1.82) is 0 Å². The van der Waals surface area contributed by atoms with Crippen LogP contribution < -0.4 is 19.8 Å². The van der Waals surface area contributed by atoms with E-state index in [1.54, 1.807) is 6.07 Å². The van der Waals surface area contributed by atoms with Gasteiger partial charge in [-0.25, -0.2) is 4.79 Å². The van der Waals surface area contributed by atoms with E-state index in [0.29, 0.717) is 29.1 Å². The monoisotopic (exact) mass is 400 g/mol. The molecule has 0 amide bonds. The van der Waals surface area contributed by atoms with Crippen molar-refractivity contribution in [3.8, 4) is 17.2 Å². The minimum absolute atomic E-state index is 0.0565. The average Bonchev–Trinajstić information content (AvgIpc) is 2.60. The van der Waals surface area contributed by atoms with Crippen LogP contribution in [0.2, 0.25) is 0 Å². The van der Waals surface area contributed by atoms with Gasteiger partial charge in [-0.3, -0.25) is 0 Å². The SMILES string of the molecule is COc1c(OC/C=C(\C)CCC=C(C)C)c2cccc(OC(C)(C)C)c2oc1=O. The lowest BCUT2D eigenvalue weighted by molar-refractivity contribution is 0.131. The molecule has 0 saturated heterocycles. The summed E-state index contributed by atoms with van der Waals surface area (Å²) in [4.78, 5) is 12.5. The molecule has 0 aliphatic rings. The van der Waals surface area contributed by atoms with E-state index < -0.39 is 11.2 Å². The van der Waals surface area contributed by atoms with Gasteiger partial charge in [0.2, 0.25) is 5.75 Å². The zero-order valence-corrected chi connectivity index (χ0v) is 18.5. The second kappa shape index (κ2) is 9.68. The van der Waals surface area contributed by atoms with Crippen molar-refractivity contribution in [2.75, 3.05) is 13.7 Å². The molecule has 1 aromatic heterocycles. The van der Waals surface area contributed by atoms with Crippen LogP contribution in [0.15, 0.2) is 50.7 Å². The van der Waals surface area contributed by atoms with Crippen LogP contribution in [0.25, 0.3) is 11.0 Å². The van der Waals surface area contributed by atoms with Gasteiger partial charge in [0.15, 0.2) is 17.1 Å². The lowest BCUT2D eigenvalue weighted by Crippen LogP contribution is -2.23. The number of allylic oxidation sites excluding steroid dienone is 3. The smallest absolute Gasteiger partial charge is 0.383 e. The van der Waals surface area contributed by atoms with E-state index in [1.807, 2.05) is 39.0 Å². The second-order valence-electron chi connectivity index (χ2n) is 8.28. The number of rotatable bonds is 8. The molecule has 0 N–H and O–H groups in total. The number of hydrogen-bond donors (Lipinski definition) is 0. The fourth-order valence-corrected chi connectivity index (χ4v) is 2.84. The van der Waals surface area contributed by atoms with Crippen LogP contribution in [0, 0.1) is 0 Å². The molecule has 158 valence electrons. The quantitative estimate of drug-likeness (QED) is 0.399. The highest BCUT2D eigenvalue weighted by atomic mass is 16.5. The fraction of sp³-hybridized carbons (Fsp3) is 0.458. The zero-order chi connectivity index (χ0) is 21.6. The Morgan fingerprint density at radius 3 is 2.45 bits per heavy atom. The van der Waals surface area contributed by atoms with Crippen LogP contribution in [0.4, 0.5) is 0 Å². The van der Waals surface area contributed by atoms with Crippen molar-refractivity contribution >= 4 is 11.0 Å². The number of methoxy groups -OCH3 is 1. The molecule has 2 aromatic rings. The maximum absolute atomic E-state index is 12.5. The number of benzene rings is 1. The van der Waals surface area contributed by atoms with E-state index in [0.717, 1.165) is 12.8 Å². The Bertz CT molecular complexity index is 954. The molecule has 2 rings (SSSR count). The van der Waals surface area contributed by atoms with Crippen LogP contribution in [0.1, 0.15) is 54.4 Å². The first-order valence-corrected chi connectivity index (χ1v) is 9.87. The Balaban J connectivity index is 2.35. The fourth-order valence-electron chi connectivity index (χ4n) is 2.84. The van der Waals surface area contributed by atoms with Gasteiger partial charge in [0.25, 0.3) is 0 Å². The Morgan fingerprint density at radius 2 is 1.83 bits per heavy atom. The molecule has 5 nitrogen and oxygen atoms in total. The van der Waals surface area contributed by atoms with Crippen molar-refractivity contribution in [2.45, 2.75) is 60.0 Å². The molecule has 29 heavy (non-hydrogen) atoms. The summed E-state index contributed by atoms with van der Waals surface area (Å²) in [5.41, 5.74) is 1.87. The van der Waals surface area contributed by atoms with E-state index in [1.165, 1.54) is 18.3 Å². The van der Waals surface area contributed by atoms with Gasteiger partial charge in [-0.1, -0.05) is 23.3 Å². The Morgan fingerprint density at radius 1 is 1.10 bits per heavy atom. The minimum Gasteiger partial charge on any atom is -0.487 e. The molecule has 1 aromatic carbocycles. The van der Waals surface area contributed by atoms with E-state index >= 15 is 0 Å². The molecule has 0 radical (unpaired) electrons. The van der Waals surface area contributed by atoms with Crippen LogP contribution in [0.5, 0.6) is 17.2 Å². The molecule has 0 spiro atoms. The van der Waals surface area contributed by atoms with Gasteiger partial charge in [0.05, 0.1) is 12.5 Å². The standard InChI is InChI=1S/C24H32O5/c1-16(2)10-8-11-17(3)14-15-27-21-18-12-9-13-19(29-24(4,5)6)20(18)28-23(25)22(21)26-7/h9-10,12-14H,8,11,15H2,1-7H3/b17-14+. The van der Waals surface area contributed by atoms with Gasteiger partial charge in [-0.15, -0.1) is 0 Å². The second-order valence-corrected chi connectivity index (χ2v) is 8.28. The Labute approximate surface area is 173 Å². The topological polar surface area (TPSA) is 57.9 Å². The number of para-hydroxylation sites is 1. The van der Waals surface area contributed by atoms with Crippen molar-refractivity contribution in [2.24, 2.45) is 0 Å². The minimum atomic E-state index is -0.593. The number of fused-ring (bicyclic) bond motifs is 1. The lowest BCUT2D eigenvalue weighted by atomic mass is 10.1. The first kappa shape index (κ1) is 22.6. The van der Waals surface area contributed by atoms with Crippen molar-refractivity contribution in [3.05, 3.63) is 51.9 Å². The predicted octanol–water partition coefficient (Wildman–Crippen LogP) is 6.05. The van der Waals surface area contributed by atoms with Gasteiger partial charge in [0, 0.05) is 0 Å². The van der Waals surface area contributed by atoms with Crippen molar-refractivity contribution in [3.63, 3.8) is 0 Å². The Hall–Kier alpha value is -2.69. The number of ether oxygens (including phenoxy) is 3. The molecule has 0 saturated carbocycles. The lowest BCUT2D eigenvalue weighted by Gasteiger charge is -2.22.